The van der Waals surface area contributed by atoms with Gasteiger partial charge in [0.1, 0.15) is 46.6 Å². The third-order valence-corrected chi connectivity index (χ3v) is 9.92. The lowest BCUT2D eigenvalue weighted by Gasteiger charge is -2.49. The fourth-order valence-corrected chi connectivity index (χ4v) is 7.46. The van der Waals surface area contributed by atoms with Crippen molar-refractivity contribution in [2.45, 2.75) is 43.9 Å². The number of oxime groups is 1. The van der Waals surface area contributed by atoms with Gasteiger partial charge in [0, 0.05) is 22.8 Å². The number of carbonyl (C=O) groups excluding carboxylic acids is 4. The molecule has 0 saturated carbocycles. The highest BCUT2D eigenvalue weighted by molar-refractivity contribution is 8.00. The number of aromatic nitrogens is 1. The average molecular weight is 774 g/mol. The van der Waals surface area contributed by atoms with Crippen molar-refractivity contribution in [1.29, 1.82) is 0 Å². The molecule has 0 spiro atoms. The van der Waals surface area contributed by atoms with Crippen molar-refractivity contribution in [3.63, 3.8) is 0 Å². The number of nitrogens with two attached hydrogens (primary N) is 1. The zero-order valence-corrected chi connectivity index (χ0v) is 31.0. The van der Waals surface area contributed by atoms with E-state index in [0.717, 1.165) is 11.3 Å². The number of fused-ring (bicyclic) bond motifs is 1. The number of benzene rings is 3. The van der Waals surface area contributed by atoms with Crippen LogP contribution in [-0.4, -0.2) is 75.3 Å². The molecule has 3 N–H and O–H groups in total. The molecule has 0 radical (unpaired) electrons. The Morgan fingerprint density at radius 2 is 1.72 bits per heavy atom. The molecule has 1 unspecified atom stereocenters. The SMILES string of the molecule is CC(C)(C)OC(=O)CON=C(C(=O)NC1C(=O)N2C(C(=O)OC(c3ccccc3)c3ccccc3)=C(COc3cccc(F)c3)CS[C@H]12)c1csc(N)n1. The van der Waals surface area contributed by atoms with Crippen LogP contribution in [0.15, 0.2) is 107 Å². The van der Waals surface area contributed by atoms with E-state index >= 15 is 0 Å². The molecule has 54 heavy (non-hydrogen) atoms. The van der Waals surface area contributed by atoms with Crippen molar-refractivity contribution in [3.05, 3.63) is 124 Å². The number of anilines is 1. The molecule has 2 amide bonds. The maximum Gasteiger partial charge on any atom is 0.356 e. The van der Waals surface area contributed by atoms with Crippen molar-refractivity contribution in [3.8, 4) is 5.75 Å². The number of nitrogens with zero attached hydrogens (tertiary/aromatic N) is 3. The molecule has 1 saturated heterocycles. The molecule has 13 nitrogen and oxygen atoms in total. The summed E-state index contributed by atoms with van der Waals surface area (Å²) in [5.74, 6) is -2.98. The molecule has 6 rings (SSSR count). The molecule has 3 aromatic carbocycles. The van der Waals surface area contributed by atoms with Crippen LogP contribution in [0.1, 0.15) is 43.7 Å². The number of esters is 2. The highest BCUT2D eigenvalue weighted by Gasteiger charge is 2.55. The van der Waals surface area contributed by atoms with Gasteiger partial charge in [-0.05, 0) is 44.0 Å². The first-order chi connectivity index (χ1) is 25.9. The predicted octanol–water partition coefficient (Wildman–Crippen LogP) is 4.99. The zero-order chi connectivity index (χ0) is 38.4. The standard InChI is InChI=1S/C38H36FN5O8S2/c1-38(2,3)52-28(45)19-50-43-29(27-21-54-37(40)41-27)33(46)42-30-34(47)44-31(24(20-53-35(30)44)18-49-26-16-10-15-25(39)17-26)36(48)51-32(22-11-6-4-7-12-22)23-13-8-5-9-14-23/h4-17,21,30,32,35H,18-20H2,1-3H3,(H2,40,41)(H,42,46)/t30?,35-/m1/s1. The molecule has 16 heteroatoms. The number of ether oxygens (including phenoxy) is 3. The molecule has 3 heterocycles. The maximum atomic E-state index is 14.3. The number of hydrogen-bond acceptors (Lipinski definition) is 13. The Bertz CT molecular complexity index is 2050. The number of rotatable bonds is 13. The number of amides is 2. The van der Waals surface area contributed by atoms with Gasteiger partial charge >= 0.3 is 11.9 Å². The van der Waals surface area contributed by atoms with Gasteiger partial charge < -0.3 is 30.1 Å². The number of nitrogen functional groups attached to an aromatic ring is 1. The maximum absolute atomic E-state index is 14.3. The summed E-state index contributed by atoms with van der Waals surface area (Å²) in [5, 5.41) is 7.44. The first-order valence-corrected chi connectivity index (χ1v) is 18.6. The third-order valence-electron chi connectivity index (χ3n) is 7.90. The Balaban J connectivity index is 1.25. The molecule has 1 fully saturated rings. The summed E-state index contributed by atoms with van der Waals surface area (Å²) in [5.41, 5.74) is 6.59. The minimum atomic E-state index is -1.10. The van der Waals surface area contributed by atoms with Crippen LogP contribution in [-0.2, 0) is 33.5 Å². The number of nitrogens with one attached hydrogen (secondary N) is 1. The molecular formula is C38H36FN5O8S2. The Morgan fingerprint density at radius 3 is 2.33 bits per heavy atom. The normalized spacial score (nSPS) is 17.0. The second kappa shape index (κ2) is 16.5. The smallest absolute Gasteiger partial charge is 0.356 e. The van der Waals surface area contributed by atoms with E-state index in [0.29, 0.717) is 16.7 Å². The van der Waals surface area contributed by atoms with Gasteiger partial charge in [-0.15, -0.1) is 23.1 Å². The van der Waals surface area contributed by atoms with E-state index in [2.05, 4.69) is 15.5 Å². The molecule has 2 aliphatic heterocycles. The summed E-state index contributed by atoms with van der Waals surface area (Å²) in [7, 11) is 0. The quantitative estimate of drug-likeness (QED) is 0.0812. The number of thioether (sulfide) groups is 1. The summed E-state index contributed by atoms with van der Waals surface area (Å²) in [6, 6.07) is 22.8. The van der Waals surface area contributed by atoms with Crippen molar-refractivity contribution in [2.75, 3.05) is 24.7 Å². The van der Waals surface area contributed by atoms with Crippen molar-refractivity contribution < 1.29 is 42.6 Å². The van der Waals surface area contributed by atoms with E-state index in [1.54, 1.807) is 26.8 Å². The lowest BCUT2D eigenvalue weighted by atomic mass is 10.0. The number of halogens is 1. The van der Waals surface area contributed by atoms with Gasteiger partial charge in [-0.25, -0.2) is 19.0 Å². The van der Waals surface area contributed by atoms with Crippen LogP contribution in [0.25, 0.3) is 0 Å². The fraction of sp³-hybridized carbons (Fsp3) is 0.263. The van der Waals surface area contributed by atoms with E-state index in [9.17, 15) is 23.6 Å². The molecule has 0 bridgehead atoms. The van der Waals surface area contributed by atoms with Crippen LogP contribution in [0.2, 0.25) is 0 Å². The topological polar surface area (TPSA) is 172 Å². The van der Waals surface area contributed by atoms with E-state index in [-0.39, 0.29) is 40.3 Å². The Morgan fingerprint density at radius 1 is 1.04 bits per heavy atom. The van der Waals surface area contributed by atoms with Gasteiger partial charge in [0.15, 0.2) is 16.9 Å². The monoisotopic (exact) mass is 773 g/mol. The number of carbonyl (C=O) groups is 4. The van der Waals surface area contributed by atoms with Gasteiger partial charge in [-0.3, -0.25) is 14.5 Å². The van der Waals surface area contributed by atoms with Crippen LogP contribution in [0, 0.1) is 5.82 Å². The van der Waals surface area contributed by atoms with E-state index in [1.165, 1.54) is 40.2 Å². The third kappa shape index (κ3) is 9.06. The molecular weight excluding hydrogens is 738 g/mol. The lowest BCUT2D eigenvalue weighted by molar-refractivity contribution is -0.160. The number of thiazole rings is 1. The van der Waals surface area contributed by atoms with Gasteiger partial charge in [0.05, 0.1) is 0 Å². The summed E-state index contributed by atoms with van der Waals surface area (Å²) < 4.78 is 31.2. The van der Waals surface area contributed by atoms with Crippen LogP contribution >= 0.6 is 23.1 Å². The molecule has 280 valence electrons. The lowest BCUT2D eigenvalue weighted by Crippen LogP contribution is -2.71. The van der Waals surface area contributed by atoms with Crippen LogP contribution < -0.4 is 15.8 Å². The summed E-state index contributed by atoms with van der Waals surface area (Å²) in [6.07, 6.45) is -0.817. The second-order valence-electron chi connectivity index (χ2n) is 13.0. The van der Waals surface area contributed by atoms with Crippen molar-refractivity contribution in [1.82, 2.24) is 15.2 Å². The average Bonchev–Trinajstić information content (AvgIpc) is 3.58. The highest BCUT2D eigenvalue weighted by atomic mass is 32.2. The van der Waals surface area contributed by atoms with Crippen molar-refractivity contribution in [2.24, 2.45) is 5.16 Å². The van der Waals surface area contributed by atoms with Crippen LogP contribution in [0.4, 0.5) is 9.52 Å². The van der Waals surface area contributed by atoms with Gasteiger partial charge in [-0.1, -0.05) is 71.9 Å². The fourth-order valence-electron chi connectivity index (χ4n) is 5.59. The van der Waals surface area contributed by atoms with E-state index in [4.69, 9.17) is 24.8 Å². The van der Waals surface area contributed by atoms with Crippen LogP contribution in [0.5, 0.6) is 5.75 Å². The van der Waals surface area contributed by atoms with Crippen LogP contribution in [0.3, 0.4) is 0 Å². The molecule has 2 aliphatic rings. The van der Waals surface area contributed by atoms with E-state index in [1.807, 2.05) is 60.7 Å². The largest absolute Gasteiger partial charge is 0.489 e. The Hall–Kier alpha value is -5.74. The number of β-lactam (4-membered cyclic amide) rings is 1. The van der Waals surface area contributed by atoms with Gasteiger partial charge in [0.2, 0.25) is 6.61 Å². The summed E-state index contributed by atoms with van der Waals surface area (Å²) in [4.78, 5) is 64.6. The Labute approximate surface area is 318 Å². The molecule has 4 aromatic rings. The minimum absolute atomic E-state index is 0.0376. The van der Waals surface area contributed by atoms with Gasteiger partial charge in [-0.2, -0.15) is 0 Å². The summed E-state index contributed by atoms with van der Waals surface area (Å²) >= 11 is 2.34. The zero-order valence-electron chi connectivity index (χ0n) is 29.4. The van der Waals surface area contributed by atoms with E-state index < -0.39 is 59.3 Å². The first kappa shape index (κ1) is 38.0. The van der Waals surface area contributed by atoms with Gasteiger partial charge in [0.25, 0.3) is 11.8 Å². The molecule has 1 aromatic heterocycles. The minimum Gasteiger partial charge on any atom is -0.489 e. The number of hydrogen-bond donors (Lipinski definition) is 2. The highest BCUT2D eigenvalue weighted by Crippen LogP contribution is 2.42. The molecule has 2 atom stereocenters. The predicted molar refractivity (Wildman–Crippen MR) is 200 cm³/mol. The Kier molecular flexibility index (Phi) is 11.6. The first-order valence-electron chi connectivity index (χ1n) is 16.7. The van der Waals surface area contributed by atoms with Crippen molar-refractivity contribution >= 4 is 57.7 Å². The summed E-state index contributed by atoms with van der Waals surface area (Å²) in [6.45, 7) is 4.34. The molecule has 0 aliphatic carbocycles. The second-order valence-corrected chi connectivity index (χ2v) is 15.0.